The molecule has 1 atom stereocenters. The average molecular weight is 302 g/mol. The number of methoxy groups -OCH3 is 2. The Morgan fingerprint density at radius 3 is 2.43 bits per heavy atom. The zero-order valence-corrected chi connectivity index (χ0v) is 12.8. The lowest BCUT2D eigenvalue weighted by Gasteiger charge is -2.35. The van der Waals surface area contributed by atoms with E-state index in [0.29, 0.717) is 45.9 Å². The fourth-order valence-electron chi connectivity index (χ4n) is 2.16. The highest BCUT2D eigenvalue weighted by molar-refractivity contribution is 5.82. The molecule has 0 aromatic heterocycles. The maximum atomic E-state index is 12.0. The van der Waals surface area contributed by atoms with E-state index in [4.69, 9.17) is 15.2 Å². The van der Waals surface area contributed by atoms with Gasteiger partial charge in [0, 0.05) is 46.9 Å². The normalized spacial score (nSPS) is 17.6. The van der Waals surface area contributed by atoms with Crippen LogP contribution >= 0.6 is 0 Å². The summed E-state index contributed by atoms with van der Waals surface area (Å²) in [6.45, 7) is 4.09. The van der Waals surface area contributed by atoms with Crippen molar-refractivity contribution in [3.05, 3.63) is 0 Å². The number of nitrogens with zero attached hydrogens (tertiary/aromatic N) is 2. The largest absolute Gasteiger partial charge is 0.383 e. The van der Waals surface area contributed by atoms with Gasteiger partial charge in [0.2, 0.25) is 11.8 Å². The van der Waals surface area contributed by atoms with Crippen LogP contribution in [0.4, 0.5) is 0 Å². The lowest BCUT2D eigenvalue weighted by Crippen LogP contribution is -2.55. The van der Waals surface area contributed by atoms with Gasteiger partial charge in [0.15, 0.2) is 0 Å². The van der Waals surface area contributed by atoms with Gasteiger partial charge in [0.1, 0.15) is 6.04 Å². The molecule has 0 aromatic rings. The molecular formula is C13H26N4O4. The molecule has 3 N–H and O–H groups in total. The van der Waals surface area contributed by atoms with E-state index >= 15 is 0 Å². The summed E-state index contributed by atoms with van der Waals surface area (Å²) in [6, 6.07) is -0.612. The van der Waals surface area contributed by atoms with Gasteiger partial charge in [0.05, 0.1) is 19.8 Å². The SMILES string of the molecule is COCCNC(=O)CN1CCN(C(=O)C(N)COC)CC1. The summed E-state index contributed by atoms with van der Waals surface area (Å²) >= 11 is 0. The first-order chi connectivity index (χ1) is 10.1. The predicted octanol–water partition coefficient (Wildman–Crippen LogP) is -2.13. The second kappa shape index (κ2) is 9.67. The molecule has 0 radical (unpaired) electrons. The van der Waals surface area contributed by atoms with Gasteiger partial charge in [-0.1, -0.05) is 0 Å². The minimum absolute atomic E-state index is 0.0251. The fourth-order valence-corrected chi connectivity index (χ4v) is 2.16. The van der Waals surface area contributed by atoms with E-state index in [1.807, 2.05) is 4.90 Å². The fraction of sp³-hybridized carbons (Fsp3) is 0.846. The van der Waals surface area contributed by atoms with Crippen molar-refractivity contribution in [3.63, 3.8) is 0 Å². The van der Waals surface area contributed by atoms with Gasteiger partial charge in [-0.05, 0) is 0 Å². The van der Waals surface area contributed by atoms with Gasteiger partial charge in [0.25, 0.3) is 0 Å². The highest BCUT2D eigenvalue weighted by Gasteiger charge is 2.25. The molecule has 1 aliphatic rings. The lowest BCUT2D eigenvalue weighted by atomic mass is 10.2. The van der Waals surface area contributed by atoms with Gasteiger partial charge in [-0.25, -0.2) is 0 Å². The Hall–Kier alpha value is -1.22. The van der Waals surface area contributed by atoms with Crippen LogP contribution in [0, 0.1) is 0 Å². The molecule has 8 heteroatoms. The van der Waals surface area contributed by atoms with Crippen molar-refractivity contribution < 1.29 is 19.1 Å². The first-order valence-electron chi connectivity index (χ1n) is 7.09. The summed E-state index contributed by atoms with van der Waals surface area (Å²) in [5.74, 6) is -0.121. The van der Waals surface area contributed by atoms with E-state index in [2.05, 4.69) is 5.32 Å². The van der Waals surface area contributed by atoms with Gasteiger partial charge >= 0.3 is 0 Å². The Morgan fingerprint density at radius 2 is 1.86 bits per heavy atom. The van der Waals surface area contributed by atoms with E-state index in [-0.39, 0.29) is 18.4 Å². The lowest BCUT2D eigenvalue weighted by molar-refractivity contribution is -0.135. The maximum Gasteiger partial charge on any atom is 0.241 e. The minimum Gasteiger partial charge on any atom is -0.383 e. The zero-order valence-electron chi connectivity index (χ0n) is 12.8. The third-order valence-electron chi connectivity index (χ3n) is 3.34. The molecule has 1 fully saturated rings. The molecule has 1 saturated heterocycles. The van der Waals surface area contributed by atoms with Crippen molar-refractivity contribution in [2.24, 2.45) is 5.73 Å². The van der Waals surface area contributed by atoms with Gasteiger partial charge < -0.3 is 25.4 Å². The summed E-state index contributed by atoms with van der Waals surface area (Å²) < 4.78 is 9.76. The number of ether oxygens (including phenoxy) is 2. The van der Waals surface area contributed by atoms with E-state index < -0.39 is 6.04 Å². The van der Waals surface area contributed by atoms with Crippen molar-refractivity contribution in [1.29, 1.82) is 0 Å². The topological polar surface area (TPSA) is 97.1 Å². The molecule has 2 amide bonds. The van der Waals surface area contributed by atoms with E-state index in [0.717, 1.165) is 0 Å². The Bertz CT molecular complexity index is 332. The number of piperazine rings is 1. The van der Waals surface area contributed by atoms with Crippen LogP contribution < -0.4 is 11.1 Å². The van der Waals surface area contributed by atoms with Crippen molar-refractivity contribution >= 4 is 11.8 Å². The third kappa shape index (κ3) is 6.38. The summed E-state index contributed by atoms with van der Waals surface area (Å²) in [5, 5.41) is 2.78. The Balaban J connectivity index is 2.25. The quantitative estimate of drug-likeness (QED) is 0.497. The van der Waals surface area contributed by atoms with Gasteiger partial charge in [-0.3, -0.25) is 14.5 Å². The van der Waals surface area contributed by atoms with Crippen molar-refractivity contribution in [3.8, 4) is 0 Å². The van der Waals surface area contributed by atoms with Crippen LogP contribution in [0.3, 0.4) is 0 Å². The molecular weight excluding hydrogens is 276 g/mol. The van der Waals surface area contributed by atoms with Crippen LogP contribution in [0.5, 0.6) is 0 Å². The molecule has 1 rings (SSSR count). The number of carbonyl (C=O) groups excluding carboxylic acids is 2. The van der Waals surface area contributed by atoms with E-state index in [1.165, 1.54) is 7.11 Å². The summed E-state index contributed by atoms with van der Waals surface area (Å²) in [6.07, 6.45) is 0. The molecule has 1 aliphatic heterocycles. The molecule has 1 heterocycles. The number of hydrogen-bond acceptors (Lipinski definition) is 6. The number of carbonyl (C=O) groups is 2. The highest BCUT2D eigenvalue weighted by Crippen LogP contribution is 2.03. The monoisotopic (exact) mass is 302 g/mol. The highest BCUT2D eigenvalue weighted by atomic mass is 16.5. The van der Waals surface area contributed by atoms with Gasteiger partial charge in [-0.2, -0.15) is 0 Å². The van der Waals surface area contributed by atoms with E-state index in [1.54, 1.807) is 12.0 Å². The number of rotatable bonds is 8. The number of hydrogen-bond donors (Lipinski definition) is 2. The second-order valence-electron chi connectivity index (χ2n) is 5.01. The number of amides is 2. The molecule has 8 nitrogen and oxygen atoms in total. The summed E-state index contributed by atoms with van der Waals surface area (Å²) in [7, 11) is 3.12. The minimum atomic E-state index is -0.612. The molecule has 0 saturated carbocycles. The maximum absolute atomic E-state index is 12.0. The number of nitrogens with two attached hydrogens (primary N) is 1. The molecule has 1 unspecified atom stereocenters. The molecule has 0 aromatic carbocycles. The zero-order chi connectivity index (χ0) is 15.7. The van der Waals surface area contributed by atoms with Crippen LogP contribution in [-0.4, -0.2) is 94.4 Å². The van der Waals surface area contributed by atoms with Crippen LogP contribution in [0.1, 0.15) is 0 Å². The van der Waals surface area contributed by atoms with Crippen molar-refractivity contribution in [2.45, 2.75) is 6.04 Å². The summed E-state index contributed by atoms with van der Waals surface area (Å²) in [4.78, 5) is 27.4. The predicted molar refractivity (Wildman–Crippen MR) is 77.8 cm³/mol. The Morgan fingerprint density at radius 1 is 1.19 bits per heavy atom. The first-order valence-corrected chi connectivity index (χ1v) is 7.09. The Kier molecular flexibility index (Phi) is 8.21. The standard InChI is InChI=1S/C13H26N4O4/c1-20-8-3-15-12(18)9-16-4-6-17(7-5-16)13(19)11(14)10-21-2/h11H,3-10,14H2,1-2H3,(H,15,18). The Labute approximate surface area is 125 Å². The molecule has 0 aliphatic carbocycles. The average Bonchev–Trinajstić information content (AvgIpc) is 2.48. The second-order valence-corrected chi connectivity index (χ2v) is 5.01. The van der Waals surface area contributed by atoms with E-state index in [9.17, 15) is 9.59 Å². The number of nitrogens with one attached hydrogen (secondary N) is 1. The molecule has 0 bridgehead atoms. The molecule has 21 heavy (non-hydrogen) atoms. The van der Waals surface area contributed by atoms with Crippen LogP contribution in [0.15, 0.2) is 0 Å². The molecule has 122 valence electrons. The smallest absolute Gasteiger partial charge is 0.241 e. The van der Waals surface area contributed by atoms with Gasteiger partial charge in [-0.15, -0.1) is 0 Å². The third-order valence-corrected chi connectivity index (χ3v) is 3.34. The van der Waals surface area contributed by atoms with Crippen molar-refractivity contribution in [2.75, 3.05) is 66.7 Å². The summed E-state index contributed by atoms with van der Waals surface area (Å²) in [5.41, 5.74) is 5.74. The molecule has 0 spiro atoms. The van der Waals surface area contributed by atoms with Crippen LogP contribution in [-0.2, 0) is 19.1 Å². The van der Waals surface area contributed by atoms with Crippen LogP contribution in [0.25, 0.3) is 0 Å². The van der Waals surface area contributed by atoms with Crippen molar-refractivity contribution in [1.82, 2.24) is 15.1 Å². The first kappa shape index (κ1) is 17.8. The van der Waals surface area contributed by atoms with Crippen LogP contribution in [0.2, 0.25) is 0 Å².